The number of carbonyl (C=O) groups is 3. The predicted octanol–water partition coefficient (Wildman–Crippen LogP) is 3.12. The summed E-state index contributed by atoms with van der Waals surface area (Å²) >= 11 is 0. The lowest BCUT2D eigenvalue weighted by atomic mass is 9.74. The van der Waals surface area contributed by atoms with Crippen LogP contribution in [0, 0.1) is 0 Å². The first kappa shape index (κ1) is 20.7. The number of imide groups is 1. The van der Waals surface area contributed by atoms with Gasteiger partial charge in [0.05, 0.1) is 0 Å². The molecule has 7 nitrogen and oxygen atoms in total. The van der Waals surface area contributed by atoms with Crippen molar-refractivity contribution in [3.63, 3.8) is 0 Å². The molecule has 0 aromatic heterocycles. The van der Waals surface area contributed by atoms with Crippen LogP contribution in [0.3, 0.4) is 0 Å². The Morgan fingerprint density at radius 3 is 2.57 bits per heavy atom. The number of fused-ring (bicyclic) bond motifs is 2. The number of piperidine rings is 2. The maximum Gasteiger partial charge on any atom is 0.410 e. The number of hydrogen-bond acceptors (Lipinski definition) is 5. The molecule has 1 aromatic rings. The third kappa shape index (κ3) is 4.16. The van der Waals surface area contributed by atoms with Crippen LogP contribution in [0.5, 0.6) is 0 Å². The second-order valence-corrected chi connectivity index (χ2v) is 9.77. The Kier molecular flexibility index (Phi) is 5.24. The summed E-state index contributed by atoms with van der Waals surface area (Å²) in [6.45, 7) is 7.10. The van der Waals surface area contributed by atoms with Crippen molar-refractivity contribution in [3.05, 3.63) is 29.3 Å². The maximum atomic E-state index is 12.4. The summed E-state index contributed by atoms with van der Waals surface area (Å²) in [5.74, 6) is -0.454. The van der Waals surface area contributed by atoms with Crippen molar-refractivity contribution < 1.29 is 19.1 Å². The molecule has 1 aromatic carbocycles. The number of aryl methyl sites for hydroxylation is 1. The standard InChI is InChI=1S/C23H31N3O4/c1-22(2,3)30-21(29)26-12-10-23(11-13-26)9-8-15-14-16(4-5-17(15)23)24-18-6-7-19(27)25-20(18)28/h4-5,14,18,24H,6-13H2,1-3H3,(H,25,27,28)/t18-/m1/s1. The monoisotopic (exact) mass is 413 g/mol. The highest BCUT2D eigenvalue weighted by atomic mass is 16.6. The fraction of sp³-hybridized carbons (Fsp3) is 0.609. The fourth-order valence-electron chi connectivity index (χ4n) is 4.91. The number of anilines is 1. The van der Waals surface area contributed by atoms with E-state index in [4.69, 9.17) is 4.74 Å². The lowest BCUT2D eigenvalue weighted by Gasteiger charge is -2.40. The van der Waals surface area contributed by atoms with Crippen molar-refractivity contribution in [2.75, 3.05) is 18.4 Å². The van der Waals surface area contributed by atoms with Crippen LogP contribution in [0.4, 0.5) is 10.5 Å². The average molecular weight is 414 g/mol. The minimum absolute atomic E-state index is 0.126. The van der Waals surface area contributed by atoms with Crippen LogP contribution in [0.2, 0.25) is 0 Å². The molecule has 30 heavy (non-hydrogen) atoms. The highest BCUT2D eigenvalue weighted by Crippen LogP contribution is 2.47. The SMILES string of the molecule is CC(C)(C)OC(=O)N1CCC2(CCc3cc(N[C@@H]4CCC(=O)NC4=O)ccc32)CC1. The van der Waals surface area contributed by atoms with Crippen molar-refractivity contribution in [2.45, 2.75) is 76.4 Å². The van der Waals surface area contributed by atoms with Gasteiger partial charge in [0.1, 0.15) is 11.6 Å². The zero-order valence-electron chi connectivity index (χ0n) is 18.0. The summed E-state index contributed by atoms with van der Waals surface area (Å²) in [4.78, 5) is 37.6. The molecule has 0 unspecified atom stereocenters. The van der Waals surface area contributed by atoms with Crippen molar-refractivity contribution in [1.29, 1.82) is 0 Å². The molecule has 0 saturated carbocycles. The topological polar surface area (TPSA) is 87.7 Å². The molecule has 2 aliphatic heterocycles. The fourth-order valence-corrected chi connectivity index (χ4v) is 4.91. The Bertz CT molecular complexity index is 866. The molecular weight excluding hydrogens is 382 g/mol. The van der Waals surface area contributed by atoms with Gasteiger partial charge in [0.25, 0.3) is 0 Å². The summed E-state index contributed by atoms with van der Waals surface area (Å²) in [6, 6.07) is 6.00. The average Bonchev–Trinajstić information content (AvgIpc) is 3.01. The lowest BCUT2D eigenvalue weighted by Crippen LogP contribution is -2.47. The Morgan fingerprint density at radius 2 is 1.90 bits per heavy atom. The van der Waals surface area contributed by atoms with Crippen LogP contribution in [0.25, 0.3) is 0 Å². The summed E-state index contributed by atoms with van der Waals surface area (Å²) in [6.07, 6.45) is 4.65. The van der Waals surface area contributed by atoms with E-state index in [1.54, 1.807) is 0 Å². The molecule has 162 valence electrons. The summed E-state index contributed by atoms with van der Waals surface area (Å²) in [5, 5.41) is 5.68. The first-order valence-corrected chi connectivity index (χ1v) is 10.9. The number of carbonyl (C=O) groups excluding carboxylic acids is 3. The van der Waals surface area contributed by atoms with Gasteiger partial charge in [-0.1, -0.05) is 6.07 Å². The Labute approximate surface area is 177 Å². The van der Waals surface area contributed by atoms with Crippen LogP contribution in [-0.2, 0) is 26.2 Å². The largest absolute Gasteiger partial charge is 0.444 e. The zero-order chi connectivity index (χ0) is 21.5. The number of likely N-dealkylation sites (tertiary alicyclic amines) is 1. The molecule has 2 saturated heterocycles. The summed E-state index contributed by atoms with van der Waals surface area (Å²) in [5.41, 5.74) is 3.27. The van der Waals surface area contributed by atoms with Crippen LogP contribution >= 0.6 is 0 Å². The molecule has 2 fully saturated rings. The lowest BCUT2D eigenvalue weighted by molar-refractivity contribution is -0.133. The first-order valence-electron chi connectivity index (χ1n) is 10.9. The van der Waals surface area contributed by atoms with Gasteiger partial charge in [-0.3, -0.25) is 14.9 Å². The first-order chi connectivity index (χ1) is 14.2. The molecule has 1 atom stereocenters. The van der Waals surface area contributed by atoms with E-state index in [0.29, 0.717) is 25.9 Å². The van der Waals surface area contributed by atoms with Gasteiger partial charge >= 0.3 is 6.09 Å². The van der Waals surface area contributed by atoms with Crippen LogP contribution in [0.1, 0.15) is 64.0 Å². The summed E-state index contributed by atoms with van der Waals surface area (Å²) < 4.78 is 5.53. The van der Waals surface area contributed by atoms with Crippen LogP contribution < -0.4 is 10.6 Å². The number of ether oxygens (including phenoxy) is 1. The molecule has 1 spiro atoms. The van der Waals surface area contributed by atoms with E-state index in [9.17, 15) is 14.4 Å². The smallest absolute Gasteiger partial charge is 0.410 e. The minimum atomic E-state index is -0.474. The molecule has 3 aliphatic rings. The van der Waals surface area contributed by atoms with E-state index < -0.39 is 5.60 Å². The van der Waals surface area contributed by atoms with Gasteiger partial charge in [0, 0.05) is 25.2 Å². The van der Waals surface area contributed by atoms with E-state index in [-0.39, 0.29) is 29.4 Å². The van der Waals surface area contributed by atoms with Gasteiger partial charge in [-0.2, -0.15) is 0 Å². The predicted molar refractivity (Wildman–Crippen MR) is 113 cm³/mol. The summed E-state index contributed by atoms with van der Waals surface area (Å²) in [7, 11) is 0. The second-order valence-electron chi connectivity index (χ2n) is 9.77. The number of rotatable bonds is 2. The normalized spacial score (nSPS) is 23.2. The molecule has 2 N–H and O–H groups in total. The highest BCUT2D eigenvalue weighted by Gasteiger charge is 2.42. The van der Waals surface area contributed by atoms with Crippen molar-refractivity contribution in [1.82, 2.24) is 10.2 Å². The second kappa shape index (κ2) is 7.60. The maximum absolute atomic E-state index is 12.4. The van der Waals surface area contributed by atoms with E-state index in [1.807, 2.05) is 31.7 Å². The van der Waals surface area contributed by atoms with E-state index in [1.165, 1.54) is 11.1 Å². The number of nitrogens with one attached hydrogen (secondary N) is 2. The van der Waals surface area contributed by atoms with Gasteiger partial charge in [-0.15, -0.1) is 0 Å². The highest BCUT2D eigenvalue weighted by molar-refractivity contribution is 6.01. The van der Waals surface area contributed by atoms with E-state index >= 15 is 0 Å². The molecule has 4 rings (SSSR count). The molecule has 1 aliphatic carbocycles. The molecule has 3 amide bonds. The minimum Gasteiger partial charge on any atom is -0.444 e. The number of amides is 3. The Morgan fingerprint density at radius 1 is 1.17 bits per heavy atom. The molecule has 0 bridgehead atoms. The number of benzene rings is 1. The van der Waals surface area contributed by atoms with Crippen molar-refractivity contribution in [3.8, 4) is 0 Å². The zero-order valence-corrected chi connectivity index (χ0v) is 18.0. The van der Waals surface area contributed by atoms with Gasteiger partial charge in [-0.25, -0.2) is 4.79 Å². The molecule has 0 radical (unpaired) electrons. The third-order valence-electron chi connectivity index (χ3n) is 6.50. The van der Waals surface area contributed by atoms with Crippen LogP contribution in [-0.4, -0.2) is 47.5 Å². The quantitative estimate of drug-likeness (QED) is 0.728. The van der Waals surface area contributed by atoms with Gasteiger partial charge in [0.15, 0.2) is 0 Å². The number of nitrogens with zero attached hydrogens (tertiary/aromatic N) is 1. The molecular formula is C23H31N3O4. The number of hydrogen-bond donors (Lipinski definition) is 2. The Balaban J connectivity index is 1.41. The van der Waals surface area contributed by atoms with Crippen molar-refractivity contribution in [2.24, 2.45) is 0 Å². The van der Waals surface area contributed by atoms with Crippen molar-refractivity contribution >= 4 is 23.6 Å². The van der Waals surface area contributed by atoms with E-state index in [0.717, 1.165) is 31.4 Å². The Hall–Kier alpha value is -2.57. The van der Waals surface area contributed by atoms with Gasteiger partial charge in [-0.05, 0) is 81.5 Å². The molecule has 2 heterocycles. The van der Waals surface area contributed by atoms with E-state index in [2.05, 4.69) is 22.8 Å². The van der Waals surface area contributed by atoms with Gasteiger partial charge < -0.3 is 15.0 Å². The third-order valence-corrected chi connectivity index (χ3v) is 6.50. The molecule has 7 heteroatoms. The van der Waals surface area contributed by atoms with Gasteiger partial charge in [0.2, 0.25) is 11.8 Å². The van der Waals surface area contributed by atoms with Crippen LogP contribution in [0.15, 0.2) is 18.2 Å².